The maximum Gasteiger partial charge on any atom is 0.280 e. The first-order valence-corrected chi connectivity index (χ1v) is 9.27. The van der Waals surface area contributed by atoms with Crippen LogP contribution in [0, 0.1) is 17.8 Å². The van der Waals surface area contributed by atoms with Crippen molar-refractivity contribution in [2.45, 2.75) is 12.8 Å². The molecule has 1 fully saturated rings. The molecule has 0 aliphatic heterocycles. The molecular formula is C22H19N3O2. The van der Waals surface area contributed by atoms with Gasteiger partial charge in [0.1, 0.15) is 0 Å². The number of amides is 1. The number of para-hydroxylation sites is 1. The molecule has 0 radical (unpaired) electrons. The Bertz CT molecular complexity index is 1120. The molecule has 2 aromatic carbocycles. The van der Waals surface area contributed by atoms with Crippen LogP contribution in [-0.2, 0) is 4.79 Å². The van der Waals surface area contributed by atoms with Gasteiger partial charge in [-0.15, -0.1) is 0 Å². The Kier molecular flexibility index (Phi) is 3.67. The van der Waals surface area contributed by atoms with E-state index in [1.54, 1.807) is 12.1 Å². The summed E-state index contributed by atoms with van der Waals surface area (Å²) in [5.41, 5.74) is 4.01. The van der Waals surface area contributed by atoms with E-state index in [1.165, 1.54) is 4.68 Å². The van der Waals surface area contributed by atoms with Crippen molar-refractivity contribution in [2.75, 3.05) is 5.43 Å². The molecule has 5 heteroatoms. The zero-order chi connectivity index (χ0) is 18.4. The first-order valence-electron chi connectivity index (χ1n) is 9.27. The highest BCUT2D eigenvalue weighted by atomic mass is 16.2. The highest BCUT2D eigenvalue weighted by molar-refractivity contribution is 5.88. The van der Waals surface area contributed by atoms with Gasteiger partial charge in [0.2, 0.25) is 5.91 Å². The number of nitrogens with one attached hydrogen (secondary N) is 1. The van der Waals surface area contributed by atoms with E-state index in [1.807, 2.05) is 42.5 Å². The largest absolute Gasteiger partial charge is 0.280 e. The number of carbonyl (C=O) groups excluding carboxylic acids is 1. The van der Waals surface area contributed by atoms with E-state index < -0.39 is 0 Å². The summed E-state index contributed by atoms with van der Waals surface area (Å²) < 4.78 is 1.32. The van der Waals surface area contributed by atoms with E-state index in [2.05, 4.69) is 22.6 Å². The monoisotopic (exact) mass is 357 g/mol. The fraction of sp³-hybridized carbons (Fsp3) is 0.227. The van der Waals surface area contributed by atoms with Crippen molar-refractivity contribution in [1.82, 2.24) is 9.66 Å². The molecule has 3 atom stereocenters. The Labute approximate surface area is 156 Å². The Morgan fingerprint density at radius 2 is 1.78 bits per heavy atom. The van der Waals surface area contributed by atoms with Crippen LogP contribution in [0.4, 0.5) is 0 Å². The van der Waals surface area contributed by atoms with Crippen LogP contribution in [0.25, 0.3) is 22.3 Å². The van der Waals surface area contributed by atoms with Gasteiger partial charge < -0.3 is 0 Å². The predicted molar refractivity (Wildman–Crippen MR) is 105 cm³/mol. The Hall–Kier alpha value is -3.21. The van der Waals surface area contributed by atoms with Crippen molar-refractivity contribution < 1.29 is 4.79 Å². The van der Waals surface area contributed by atoms with E-state index in [0.29, 0.717) is 22.6 Å². The fourth-order valence-corrected chi connectivity index (χ4v) is 4.29. The molecule has 1 amide bonds. The van der Waals surface area contributed by atoms with Gasteiger partial charge in [0.25, 0.3) is 5.56 Å². The Morgan fingerprint density at radius 3 is 2.52 bits per heavy atom. The van der Waals surface area contributed by atoms with Gasteiger partial charge in [-0.05, 0) is 36.8 Å². The maximum atomic E-state index is 13.1. The minimum Gasteiger partial charge on any atom is -0.273 e. The average molecular weight is 357 g/mol. The number of allylic oxidation sites excluding steroid dienone is 2. The molecule has 134 valence electrons. The highest BCUT2D eigenvalue weighted by Crippen LogP contribution is 2.43. The van der Waals surface area contributed by atoms with Gasteiger partial charge in [-0.3, -0.25) is 15.0 Å². The molecule has 5 nitrogen and oxygen atoms in total. The lowest BCUT2D eigenvalue weighted by atomic mass is 9.93. The molecule has 1 N–H and O–H groups in total. The second-order valence-corrected chi connectivity index (χ2v) is 7.32. The van der Waals surface area contributed by atoms with Gasteiger partial charge in [0.15, 0.2) is 5.82 Å². The van der Waals surface area contributed by atoms with Crippen LogP contribution in [0.1, 0.15) is 12.8 Å². The number of carbonyl (C=O) groups is 1. The molecule has 5 rings (SSSR count). The van der Waals surface area contributed by atoms with Gasteiger partial charge in [-0.25, -0.2) is 4.98 Å². The molecule has 1 aromatic heterocycles. The number of rotatable bonds is 3. The average Bonchev–Trinajstić information content (AvgIpc) is 3.34. The highest BCUT2D eigenvalue weighted by Gasteiger charge is 2.40. The fourth-order valence-electron chi connectivity index (χ4n) is 4.29. The lowest BCUT2D eigenvalue weighted by molar-refractivity contribution is -0.121. The number of benzene rings is 2. The third-order valence-electron chi connectivity index (χ3n) is 5.65. The number of nitrogens with zero attached hydrogens (tertiary/aromatic N) is 2. The smallest absolute Gasteiger partial charge is 0.273 e. The predicted octanol–water partition coefficient (Wildman–Crippen LogP) is 3.35. The minimum atomic E-state index is -0.258. The SMILES string of the molecule is O=C(Nn1c(-c2ccccc2)nc2ccccc2c1=O)[C@H]1C[C@@H]2C=C[C@H]1C2. The number of hydrogen-bond acceptors (Lipinski definition) is 3. The van der Waals surface area contributed by atoms with E-state index in [-0.39, 0.29) is 23.3 Å². The summed E-state index contributed by atoms with van der Waals surface area (Å²) in [4.78, 5) is 30.7. The molecule has 2 aliphatic rings. The number of aromatic nitrogens is 2. The zero-order valence-electron chi connectivity index (χ0n) is 14.7. The quantitative estimate of drug-likeness (QED) is 0.731. The minimum absolute atomic E-state index is 0.0815. The molecule has 0 unspecified atom stereocenters. The summed E-state index contributed by atoms with van der Waals surface area (Å²) in [6, 6.07) is 16.7. The third-order valence-corrected chi connectivity index (χ3v) is 5.65. The standard InChI is InChI=1S/C22H19N3O2/c26-21(18-13-14-10-11-16(18)12-14)24-25-20(15-6-2-1-3-7-15)23-19-9-5-4-8-17(19)22(25)27/h1-11,14,16,18H,12-13H2,(H,24,26)/t14-,16+,18+/m1/s1. The molecule has 1 heterocycles. The molecule has 3 aromatic rings. The molecule has 2 aliphatic carbocycles. The lowest BCUT2D eigenvalue weighted by Gasteiger charge is -2.20. The number of fused-ring (bicyclic) bond motifs is 3. The van der Waals surface area contributed by atoms with Gasteiger partial charge in [-0.1, -0.05) is 54.6 Å². The Balaban J connectivity index is 1.61. The first kappa shape index (κ1) is 16.0. The third kappa shape index (κ3) is 2.67. The lowest BCUT2D eigenvalue weighted by Crippen LogP contribution is -2.39. The van der Waals surface area contributed by atoms with Crippen molar-refractivity contribution in [3.05, 3.63) is 77.1 Å². The zero-order valence-corrected chi connectivity index (χ0v) is 14.7. The summed E-state index contributed by atoms with van der Waals surface area (Å²) in [5, 5.41) is 0.491. The molecular weight excluding hydrogens is 338 g/mol. The van der Waals surface area contributed by atoms with Crippen LogP contribution in [0.5, 0.6) is 0 Å². The van der Waals surface area contributed by atoms with Crippen molar-refractivity contribution >= 4 is 16.8 Å². The van der Waals surface area contributed by atoms with Crippen LogP contribution >= 0.6 is 0 Å². The van der Waals surface area contributed by atoms with Crippen molar-refractivity contribution in [1.29, 1.82) is 0 Å². The van der Waals surface area contributed by atoms with Crippen LogP contribution in [-0.4, -0.2) is 15.6 Å². The van der Waals surface area contributed by atoms with Crippen molar-refractivity contribution in [3.8, 4) is 11.4 Å². The summed E-state index contributed by atoms with van der Waals surface area (Å²) in [7, 11) is 0. The first-order chi connectivity index (χ1) is 13.2. The second-order valence-electron chi connectivity index (χ2n) is 7.32. The maximum absolute atomic E-state index is 13.1. The molecule has 27 heavy (non-hydrogen) atoms. The van der Waals surface area contributed by atoms with Crippen LogP contribution in [0.2, 0.25) is 0 Å². The van der Waals surface area contributed by atoms with E-state index in [0.717, 1.165) is 18.4 Å². The van der Waals surface area contributed by atoms with Crippen LogP contribution in [0.3, 0.4) is 0 Å². The molecule has 0 saturated heterocycles. The van der Waals surface area contributed by atoms with Crippen molar-refractivity contribution in [3.63, 3.8) is 0 Å². The summed E-state index contributed by atoms with van der Waals surface area (Å²) in [6.07, 6.45) is 6.23. The second kappa shape index (κ2) is 6.20. The summed E-state index contributed by atoms with van der Waals surface area (Å²) in [5.74, 6) is 1.03. The van der Waals surface area contributed by atoms with E-state index >= 15 is 0 Å². The van der Waals surface area contributed by atoms with Gasteiger partial charge in [0, 0.05) is 11.5 Å². The summed E-state index contributed by atoms with van der Waals surface area (Å²) in [6.45, 7) is 0. The molecule has 1 saturated carbocycles. The van der Waals surface area contributed by atoms with Crippen LogP contribution < -0.4 is 11.0 Å². The van der Waals surface area contributed by atoms with Gasteiger partial charge in [0.05, 0.1) is 10.9 Å². The van der Waals surface area contributed by atoms with Crippen LogP contribution in [0.15, 0.2) is 71.5 Å². The van der Waals surface area contributed by atoms with Crippen molar-refractivity contribution in [2.24, 2.45) is 17.8 Å². The van der Waals surface area contributed by atoms with Gasteiger partial charge >= 0.3 is 0 Å². The van der Waals surface area contributed by atoms with Gasteiger partial charge in [-0.2, -0.15) is 4.68 Å². The molecule has 0 spiro atoms. The van der Waals surface area contributed by atoms with E-state index in [9.17, 15) is 9.59 Å². The normalized spacial score (nSPS) is 23.0. The van der Waals surface area contributed by atoms with E-state index in [4.69, 9.17) is 0 Å². The topological polar surface area (TPSA) is 64.0 Å². The number of hydrogen-bond donors (Lipinski definition) is 1. The Morgan fingerprint density at radius 1 is 1.00 bits per heavy atom. The summed E-state index contributed by atoms with van der Waals surface area (Å²) >= 11 is 0. The molecule has 2 bridgehead atoms.